The molecule has 0 N–H and O–H groups in total. The van der Waals surface area contributed by atoms with Crippen LogP contribution in [-0.4, -0.2) is 0 Å². The van der Waals surface area contributed by atoms with Crippen molar-refractivity contribution in [2.45, 2.75) is 53.4 Å². The quantitative estimate of drug-likeness (QED) is 0.499. The zero-order chi connectivity index (χ0) is 15.7. The largest absolute Gasteiger partial charge is 0.0616 e. The summed E-state index contributed by atoms with van der Waals surface area (Å²) in [6.45, 7) is 9.21. The molecule has 0 spiro atoms. The lowest BCUT2D eigenvalue weighted by Crippen LogP contribution is -2.04. The number of rotatable bonds is 4. The van der Waals surface area contributed by atoms with E-state index in [1.165, 1.54) is 21.5 Å². The number of hydrogen-bond donors (Lipinski definition) is 0. The van der Waals surface area contributed by atoms with Crippen LogP contribution < -0.4 is 0 Å². The van der Waals surface area contributed by atoms with Crippen LogP contribution >= 0.6 is 0 Å². The minimum Gasteiger partial charge on any atom is -0.0616 e. The molecule has 3 rings (SSSR count). The summed E-state index contributed by atoms with van der Waals surface area (Å²) in [4.78, 5) is 0. The van der Waals surface area contributed by atoms with E-state index in [-0.39, 0.29) is 0 Å². The summed E-state index contributed by atoms with van der Waals surface area (Å²) in [7, 11) is 0. The van der Waals surface area contributed by atoms with Crippen molar-refractivity contribution < 1.29 is 0 Å². The van der Waals surface area contributed by atoms with Crippen LogP contribution in [-0.2, 0) is 25.7 Å². The lowest BCUT2D eigenvalue weighted by Gasteiger charge is -2.21. The molecule has 3 aromatic rings. The highest BCUT2D eigenvalue weighted by Gasteiger charge is 2.16. The molecule has 0 bridgehead atoms. The number of hydrogen-bond acceptors (Lipinski definition) is 0. The van der Waals surface area contributed by atoms with E-state index in [0.29, 0.717) is 0 Å². The Hall–Kier alpha value is -1.82. The summed E-state index contributed by atoms with van der Waals surface area (Å²) >= 11 is 0. The highest BCUT2D eigenvalue weighted by molar-refractivity contribution is 6.02. The molecule has 0 nitrogen and oxygen atoms in total. The van der Waals surface area contributed by atoms with Crippen molar-refractivity contribution in [3.8, 4) is 0 Å². The molecule has 22 heavy (non-hydrogen) atoms. The summed E-state index contributed by atoms with van der Waals surface area (Å²) in [5.41, 5.74) is 6.34. The van der Waals surface area contributed by atoms with Crippen LogP contribution in [0.1, 0.15) is 49.9 Å². The van der Waals surface area contributed by atoms with Crippen LogP contribution in [0, 0.1) is 0 Å². The van der Waals surface area contributed by atoms with Gasteiger partial charge in [0, 0.05) is 0 Å². The van der Waals surface area contributed by atoms with Crippen molar-refractivity contribution in [1.82, 2.24) is 0 Å². The van der Waals surface area contributed by atoms with Gasteiger partial charge in [-0.15, -0.1) is 0 Å². The van der Waals surface area contributed by atoms with Crippen molar-refractivity contribution >= 4 is 21.5 Å². The van der Waals surface area contributed by atoms with E-state index in [1.807, 2.05) is 0 Å². The van der Waals surface area contributed by atoms with E-state index in [1.54, 1.807) is 22.3 Å². The molecule has 0 aromatic heterocycles. The first-order valence-corrected chi connectivity index (χ1v) is 8.72. The molecule has 0 saturated heterocycles. The fourth-order valence-electron chi connectivity index (χ4n) is 4.09. The molecule has 0 saturated carbocycles. The molecule has 0 aliphatic heterocycles. The average molecular weight is 290 g/mol. The lowest BCUT2D eigenvalue weighted by atomic mass is 9.84. The topological polar surface area (TPSA) is 0 Å². The summed E-state index contributed by atoms with van der Waals surface area (Å²) in [6.07, 6.45) is 4.52. The predicted molar refractivity (Wildman–Crippen MR) is 99.0 cm³/mol. The third-order valence-electron chi connectivity index (χ3n) is 5.04. The average Bonchev–Trinajstić information content (AvgIpc) is 2.57. The van der Waals surface area contributed by atoms with Gasteiger partial charge >= 0.3 is 0 Å². The molecule has 114 valence electrons. The predicted octanol–water partition coefficient (Wildman–Crippen LogP) is 6.24. The van der Waals surface area contributed by atoms with Gasteiger partial charge in [-0.25, -0.2) is 0 Å². The molecular weight excluding hydrogens is 264 g/mol. The molecule has 0 heteroatoms. The van der Waals surface area contributed by atoms with E-state index >= 15 is 0 Å². The summed E-state index contributed by atoms with van der Waals surface area (Å²) < 4.78 is 0. The van der Waals surface area contributed by atoms with Crippen LogP contribution in [0.4, 0.5) is 0 Å². The normalized spacial score (nSPS) is 11.5. The molecular formula is C22H26. The number of fused-ring (bicyclic) bond motifs is 2. The van der Waals surface area contributed by atoms with Gasteiger partial charge in [-0.05, 0) is 81.6 Å². The second kappa shape index (κ2) is 6.12. The SMILES string of the molecule is CCc1c(CC)c(CC)c2cc3ccccc3cc2c1CC. The van der Waals surface area contributed by atoms with Crippen molar-refractivity contribution in [3.05, 3.63) is 58.7 Å². The van der Waals surface area contributed by atoms with E-state index in [2.05, 4.69) is 64.1 Å². The standard InChI is InChI=1S/C22H26/c1-5-17-18(6-2)20(8-4)22-14-16-12-10-9-11-15(16)13-21(22)19(17)7-3/h9-14H,5-8H2,1-4H3. The van der Waals surface area contributed by atoms with Crippen molar-refractivity contribution in [3.63, 3.8) is 0 Å². The van der Waals surface area contributed by atoms with Gasteiger partial charge < -0.3 is 0 Å². The number of benzene rings is 3. The molecule has 0 aliphatic carbocycles. The minimum absolute atomic E-state index is 1.12. The zero-order valence-corrected chi connectivity index (χ0v) is 14.3. The number of aryl methyl sites for hydroxylation is 2. The van der Waals surface area contributed by atoms with Gasteiger partial charge in [0.05, 0.1) is 0 Å². The first-order chi connectivity index (χ1) is 10.7. The Morgan fingerprint density at radius 1 is 0.545 bits per heavy atom. The van der Waals surface area contributed by atoms with E-state index in [9.17, 15) is 0 Å². The maximum absolute atomic E-state index is 2.42. The maximum atomic E-state index is 2.42. The Kier molecular flexibility index (Phi) is 4.20. The summed E-state index contributed by atoms with van der Waals surface area (Å²) in [5, 5.41) is 5.68. The van der Waals surface area contributed by atoms with Gasteiger partial charge in [-0.3, -0.25) is 0 Å². The van der Waals surface area contributed by atoms with Gasteiger partial charge in [0.1, 0.15) is 0 Å². The highest BCUT2D eigenvalue weighted by atomic mass is 14.2. The van der Waals surface area contributed by atoms with Crippen molar-refractivity contribution in [1.29, 1.82) is 0 Å². The molecule has 0 aliphatic rings. The molecule has 0 amide bonds. The first kappa shape index (κ1) is 15.1. The van der Waals surface area contributed by atoms with Crippen LogP contribution in [0.5, 0.6) is 0 Å². The Labute approximate surface area is 134 Å². The van der Waals surface area contributed by atoms with Gasteiger partial charge in [0.2, 0.25) is 0 Å². The van der Waals surface area contributed by atoms with Crippen LogP contribution in [0.15, 0.2) is 36.4 Å². The molecule has 3 aromatic carbocycles. The van der Waals surface area contributed by atoms with Crippen LogP contribution in [0.25, 0.3) is 21.5 Å². The smallest absolute Gasteiger partial charge is 0.0140 e. The molecule has 0 fully saturated rings. The Bertz CT molecular complexity index is 754. The second-order valence-electron chi connectivity index (χ2n) is 6.07. The van der Waals surface area contributed by atoms with E-state index in [0.717, 1.165) is 25.7 Å². The van der Waals surface area contributed by atoms with Gasteiger partial charge in [-0.1, -0.05) is 52.0 Å². The second-order valence-corrected chi connectivity index (χ2v) is 6.07. The Morgan fingerprint density at radius 3 is 1.23 bits per heavy atom. The van der Waals surface area contributed by atoms with Crippen LogP contribution in [0.3, 0.4) is 0 Å². The van der Waals surface area contributed by atoms with Crippen LogP contribution in [0.2, 0.25) is 0 Å². The maximum Gasteiger partial charge on any atom is -0.0140 e. The monoisotopic (exact) mass is 290 g/mol. The fourth-order valence-corrected chi connectivity index (χ4v) is 4.09. The van der Waals surface area contributed by atoms with Gasteiger partial charge in [0.25, 0.3) is 0 Å². The molecule has 0 heterocycles. The summed E-state index contributed by atoms with van der Waals surface area (Å²) in [5.74, 6) is 0. The van der Waals surface area contributed by atoms with Gasteiger partial charge in [-0.2, -0.15) is 0 Å². The fraction of sp³-hybridized carbons (Fsp3) is 0.364. The van der Waals surface area contributed by atoms with Crippen molar-refractivity contribution in [2.75, 3.05) is 0 Å². The Morgan fingerprint density at radius 2 is 0.909 bits per heavy atom. The first-order valence-electron chi connectivity index (χ1n) is 8.72. The molecule has 0 radical (unpaired) electrons. The Balaban J connectivity index is 2.54. The van der Waals surface area contributed by atoms with E-state index in [4.69, 9.17) is 0 Å². The van der Waals surface area contributed by atoms with E-state index < -0.39 is 0 Å². The summed E-state index contributed by atoms with van der Waals surface area (Å²) in [6, 6.07) is 13.6. The third-order valence-corrected chi connectivity index (χ3v) is 5.04. The molecule has 0 atom stereocenters. The van der Waals surface area contributed by atoms with Crippen molar-refractivity contribution in [2.24, 2.45) is 0 Å². The van der Waals surface area contributed by atoms with Gasteiger partial charge in [0.15, 0.2) is 0 Å². The highest BCUT2D eigenvalue weighted by Crippen LogP contribution is 2.35. The molecule has 0 unspecified atom stereocenters. The third kappa shape index (κ3) is 2.22. The zero-order valence-electron chi connectivity index (χ0n) is 14.3. The minimum atomic E-state index is 1.12. The lowest BCUT2D eigenvalue weighted by molar-refractivity contribution is 0.961.